The maximum atomic E-state index is 4.59. The van der Waals surface area contributed by atoms with Crippen molar-refractivity contribution in [2.24, 2.45) is 5.92 Å². The molecule has 0 spiro atoms. The van der Waals surface area contributed by atoms with Crippen LogP contribution in [0.5, 0.6) is 0 Å². The lowest BCUT2D eigenvalue weighted by Gasteiger charge is -2.31. The molecular formula is C17H26N6. The second kappa shape index (κ2) is 7.66. The Kier molecular flexibility index (Phi) is 5.35. The van der Waals surface area contributed by atoms with Crippen molar-refractivity contribution in [3.63, 3.8) is 0 Å². The quantitative estimate of drug-likeness (QED) is 0.879. The summed E-state index contributed by atoms with van der Waals surface area (Å²) in [6.07, 6.45) is 9.21. The van der Waals surface area contributed by atoms with Gasteiger partial charge in [-0.3, -0.25) is 20.0 Å². The number of nitrogens with zero attached hydrogens (tertiary/aromatic N) is 5. The van der Waals surface area contributed by atoms with Gasteiger partial charge in [-0.2, -0.15) is 5.10 Å². The highest BCUT2D eigenvalue weighted by molar-refractivity contribution is 5.04. The normalized spacial score (nSPS) is 17.0. The SMILES string of the molecule is CN(C)Cc1cnc(CC2CCN(Cc3ccn[nH]3)CC2)cn1. The van der Waals surface area contributed by atoms with Crippen LogP contribution < -0.4 is 0 Å². The van der Waals surface area contributed by atoms with Crippen molar-refractivity contribution in [2.75, 3.05) is 27.2 Å². The van der Waals surface area contributed by atoms with E-state index in [1.165, 1.54) is 18.5 Å². The summed E-state index contributed by atoms with van der Waals surface area (Å²) in [6, 6.07) is 2.05. The van der Waals surface area contributed by atoms with Crippen LogP contribution in [-0.2, 0) is 19.5 Å². The lowest BCUT2D eigenvalue weighted by molar-refractivity contribution is 0.174. The summed E-state index contributed by atoms with van der Waals surface area (Å²) in [6.45, 7) is 4.12. The number of piperidine rings is 1. The van der Waals surface area contributed by atoms with Gasteiger partial charge in [0.25, 0.3) is 0 Å². The molecule has 1 aliphatic rings. The maximum absolute atomic E-state index is 4.59. The van der Waals surface area contributed by atoms with Crippen LogP contribution in [0.3, 0.4) is 0 Å². The number of hydrogen-bond acceptors (Lipinski definition) is 5. The zero-order valence-electron chi connectivity index (χ0n) is 14.1. The maximum Gasteiger partial charge on any atom is 0.0726 e. The van der Waals surface area contributed by atoms with E-state index in [0.717, 1.165) is 49.9 Å². The summed E-state index contributed by atoms with van der Waals surface area (Å²) in [4.78, 5) is 13.7. The minimum absolute atomic E-state index is 0.724. The molecule has 6 nitrogen and oxygen atoms in total. The van der Waals surface area contributed by atoms with Gasteiger partial charge in [0.15, 0.2) is 0 Å². The van der Waals surface area contributed by atoms with Crippen LogP contribution in [0.1, 0.15) is 29.9 Å². The van der Waals surface area contributed by atoms with Crippen LogP contribution in [0, 0.1) is 5.92 Å². The molecule has 0 radical (unpaired) electrons. The molecule has 23 heavy (non-hydrogen) atoms. The van der Waals surface area contributed by atoms with Gasteiger partial charge in [0.05, 0.1) is 17.6 Å². The van der Waals surface area contributed by atoms with E-state index in [1.54, 1.807) is 0 Å². The van der Waals surface area contributed by atoms with Gasteiger partial charge in [-0.25, -0.2) is 0 Å². The zero-order valence-corrected chi connectivity index (χ0v) is 14.1. The molecule has 0 saturated carbocycles. The Balaban J connectivity index is 1.45. The third kappa shape index (κ3) is 4.84. The second-order valence-corrected chi connectivity index (χ2v) is 6.74. The third-order valence-electron chi connectivity index (χ3n) is 4.39. The molecule has 0 bridgehead atoms. The van der Waals surface area contributed by atoms with Crippen LogP contribution in [-0.4, -0.2) is 57.1 Å². The largest absolute Gasteiger partial charge is 0.304 e. The molecule has 3 rings (SSSR count). The van der Waals surface area contributed by atoms with E-state index in [1.807, 2.05) is 32.7 Å². The lowest BCUT2D eigenvalue weighted by Crippen LogP contribution is -2.34. The molecule has 2 aromatic heterocycles. The third-order valence-corrected chi connectivity index (χ3v) is 4.39. The topological polar surface area (TPSA) is 60.9 Å². The molecule has 1 aliphatic heterocycles. The standard InChI is InChI=1S/C17H26N6/c1-22(2)12-17-11-18-16(10-19-17)9-14-4-7-23(8-5-14)13-15-3-6-20-21-15/h3,6,10-11,14H,4-5,7-9,12-13H2,1-2H3,(H,20,21). The van der Waals surface area contributed by atoms with Gasteiger partial charge in [0.1, 0.15) is 0 Å². The Hall–Kier alpha value is -1.79. The minimum Gasteiger partial charge on any atom is -0.304 e. The van der Waals surface area contributed by atoms with Crippen LogP contribution in [0.15, 0.2) is 24.7 Å². The van der Waals surface area contributed by atoms with Crippen LogP contribution in [0.25, 0.3) is 0 Å². The monoisotopic (exact) mass is 314 g/mol. The van der Waals surface area contributed by atoms with Gasteiger partial charge in [0, 0.05) is 31.2 Å². The van der Waals surface area contributed by atoms with Gasteiger partial charge >= 0.3 is 0 Å². The Morgan fingerprint density at radius 3 is 2.52 bits per heavy atom. The zero-order chi connectivity index (χ0) is 16.1. The summed E-state index contributed by atoms with van der Waals surface area (Å²) in [5.74, 6) is 0.724. The number of H-pyrrole nitrogens is 1. The molecule has 0 unspecified atom stereocenters. The predicted octanol–water partition coefficient (Wildman–Crippen LogP) is 1.72. The summed E-state index contributed by atoms with van der Waals surface area (Å²) in [7, 11) is 4.10. The molecule has 0 aliphatic carbocycles. The fraction of sp³-hybridized carbons (Fsp3) is 0.588. The van der Waals surface area contributed by atoms with Crippen LogP contribution >= 0.6 is 0 Å². The molecular weight excluding hydrogens is 288 g/mol. The highest BCUT2D eigenvalue weighted by Crippen LogP contribution is 2.21. The van der Waals surface area contributed by atoms with E-state index in [4.69, 9.17) is 0 Å². The molecule has 1 fully saturated rings. The Bertz CT molecular complexity index is 570. The summed E-state index contributed by atoms with van der Waals surface area (Å²) < 4.78 is 0. The van der Waals surface area contributed by atoms with Crippen molar-refractivity contribution < 1.29 is 0 Å². The Morgan fingerprint density at radius 1 is 1.17 bits per heavy atom. The van der Waals surface area contributed by atoms with E-state index >= 15 is 0 Å². The molecule has 2 aromatic rings. The number of hydrogen-bond donors (Lipinski definition) is 1. The van der Waals surface area contributed by atoms with Crippen molar-refractivity contribution >= 4 is 0 Å². The highest BCUT2D eigenvalue weighted by atomic mass is 15.2. The molecule has 0 aromatic carbocycles. The number of nitrogens with one attached hydrogen (secondary N) is 1. The molecule has 0 atom stereocenters. The summed E-state index contributed by atoms with van der Waals surface area (Å²) in [5, 5.41) is 7.05. The van der Waals surface area contributed by atoms with Gasteiger partial charge < -0.3 is 4.90 Å². The van der Waals surface area contributed by atoms with Crippen LogP contribution in [0.4, 0.5) is 0 Å². The molecule has 1 N–H and O–H groups in total. The first-order valence-corrected chi connectivity index (χ1v) is 8.34. The van der Waals surface area contributed by atoms with E-state index in [2.05, 4.69) is 36.0 Å². The molecule has 6 heteroatoms. The van der Waals surface area contributed by atoms with Crippen molar-refractivity contribution in [1.82, 2.24) is 30.0 Å². The summed E-state index contributed by atoms with van der Waals surface area (Å²) in [5.41, 5.74) is 3.36. The minimum atomic E-state index is 0.724. The number of rotatable bonds is 6. The van der Waals surface area contributed by atoms with Crippen molar-refractivity contribution in [2.45, 2.75) is 32.4 Å². The van der Waals surface area contributed by atoms with Crippen molar-refractivity contribution in [3.8, 4) is 0 Å². The first-order valence-electron chi connectivity index (χ1n) is 8.34. The summed E-state index contributed by atoms with van der Waals surface area (Å²) >= 11 is 0. The second-order valence-electron chi connectivity index (χ2n) is 6.74. The number of aromatic amines is 1. The van der Waals surface area contributed by atoms with Crippen molar-refractivity contribution in [1.29, 1.82) is 0 Å². The predicted molar refractivity (Wildman–Crippen MR) is 89.7 cm³/mol. The lowest BCUT2D eigenvalue weighted by atomic mass is 9.92. The Labute approximate surface area is 137 Å². The fourth-order valence-corrected chi connectivity index (χ4v) is 3.15. The van der Waals surface area contributed by atoms with E-state index < -0.39 is 0 Å². The molecule has 0 amide bonds. The molecule has 1 saturated heterocycles. The number of likely N-dealkylation sites (tertiary alicyclic amines) is 1. The smallest absolute Gasteiger partial charge is 0.0726 e. The first-order chi connectivity index (χ1) is 11.2. The van der Waals surface area contributed by atoms with E-state index in [9.17, 15) is 0 Å². The average molecular weight is 314 g/mol. The average Bonchev–Trinajstić information content (AvgIpc) is 3.04. The van der Waals surface area contributed by atoms with Crippen molar-refractivity contribution in [3.05, 3.63) is 41.7 Å². The molecule has 124 valence electrons. The number of aromatic nitrogens is 4. The van der Waals surface area contributed by atoms with E-state index in [0.29, 0.717) is 0 Å². The van der Waals surface area contributed by atoms with Crippen LogP contribution in [0.2, 0.25) is 0 Å². The van der Waals surface area contributed by atoms with Gasteiger partial charge in [0.2, 0.25) is 0 Å². The molecule has 3 heterocycles. The van der Waals surface area contributed by atoms with E-state index in [-0.39, 0.29) is 0 Å². The van der Waals surface area contributed by atoms with Gasteiger partial charge in [-0.1, -0.05) is 0 Å². The highest BCUT2D eigenvalue weighted by Gasteiger charge is 2.20. The Morgan fingerprint density at radius 2 is 1.91 bits per heavy atom. The first kappa shape index (κ1) is 16.1. The fourth-order valence-electron chi connectivity index (χ4n) is 3.15. The van der Waals surface area contributed by atoms with Gasteiger partial charge in [-0.05, 0) is 58.4 Å². The van der Waals surface area contributed by atoms with Gasteiger partial charge in [-0.15, -0.1) is 0 Å².